The molecule has 70 valence electrons. The maximum absolute atomic E-state index is 10.9. The first kappa shape index (κ1) is 7.54. The van der Waals surface area contributed by atoms with Gasteiger partial charge >= 0.3 is 11.9 Å². The van der Waals surface area contributed by atoms with E-state index in [1.54, 1.807) is 0 Å². The van der Waals surface area contributed by atoms with Crippen LogP contribution >= 0.6 is 0 Å². The second-order valence-corrected chi connectivity index (χ2v) is 1.82. The molecule has 0 aromatic rings. The lowest BCUT2D eigenvalue weighted by atomic mass is 10.3. The van der Waals surface area contributed by atoms with Crippen molar-refractivity contribution in [2.75, 3.05) is 20.3 Å². The summed E-state index contributed by atoms with van der Waals surface area (Å²) < 4.78 is 22.6. The summed E-state index contributed by atoms with van der Waals surface area (Å²) in [6.07, 6.45) is -2.62. The Kier molecular flexibility index (Phi) is 4.15. The number of hydrogen-bond donors (Lipinski definition) is 1. The molecule has 0 heterocycles. The highest BCUT2D eigenvalue weighted by molar-refractivity contribution is 5.76. The third-order valence-corrected chi connectivity index (χ3v) is 0.960. The van der Waals surface area contributed by atoms with E-state index < -0.39 is 37.9 Å². The Hall–Kier alpha value is -1.10. The number of carbonyl (C=O) groups excluding carboxylic acids is 2. The Morgan fingerprint density at radius 1 is 1.50 bits per heavy atom. The van der Waals surface area contributed by atoms with Gasteiger partial charge in [-0.3, -0.25) is 4.79 Å². The molecule has 0 aromatic heterocycles. The van der Waals surface area contributed by atoms with Crippen LogP contribution in [-0.2, 0) is 19.1 Å². The number of esters is 2. The van der Waals surface area contributed by atoms with Gasteiger partial charge in [0.15, 0.2) is 6.61 Å². The fourth-order valence-corrected chi connectivity index (χ4v) is 0.407. The standard InChI is InChI=1S/C7H12O5/c1-11-7(10)5-12-6(9)3-2-4-8/h8H,2-5H2,1H3/i2D2. The van der Waals surface area contributed by atoms with E-state index in [4.69, 9.17) is 7.85 Å². The molecule has 0 amide bonds. The molecule has 0 spiro atoms. The summed E-state index contributed by atoms with van der Waals surface area (Å²) in [5.41, 5.74) is 0. The van der Waals surface area contributed by atoms with Gasteiger partial charge in [-0.25, -0.2) is 4.79 Å². The average molecular weight is 178 g/mol. The number of hydrogen-bond acceptors (Lipinski definition) is 5. The summed E-state index contributed by atoms with van der Waals surface area (Å²) >= 11 is 0. The largest absolute Gasteiger partial charge is 0.466 e. The number of aliphatic hydroxyl groups excluding tert-OH is 1. The number of carbonyl (C=O) groups is 2. The maximum Gasteiger partial charge on any atom is 0.344 e. The molecule has 12 heavy (non-hydrogen) atoms. The highest BCUT2D eigenvalue weighted by Gasteiger charge is 2.05. The highest BCUT2D eigenvalue weighted by Crippen LogP contribution is 1.91. The van der Waals surface area contributed by atoms with Crippen molar-refractivity contribution in [3.8, 4) is 0 Å². The molecule has 0 radical (unpaired) electrons. The third kappa shape index (κ3) is 5.67. The normalized spacial score (nSPS) is 12.8. The molecule has 0 fully saturated rings. The molecular weight excluding hydrogens is 164 g/mol. The fourth-order valence-electron chi connectivity index (χ4n) is 0.407. The van der Waals surface area contributed by atoms with Crippen LogP contribution in [0.1, 0.15) is 15.5 Å². The topological polar surface area (TPSA) is 72.8 Å². The number of ether oxygens (including phenoxy) is 2. The first-order valence-corrected chi connectivity index (χ1v) is 3.24. The van der Waals surface area contributed by atoms with Gasteiger partial charge in [-0.2, -0.15) is 0 Å². The van der Waals surface area contributed by atoms with Crippen molar-refractivity contribution in [2.24, 2.45) is 0 Å². The van der Waals surface area contributed by atoms with Gasteiger partial charge in [0.05, 0.1) is 7.11 Å². The first-order valence-electron chi connectivity index (χ1n) is 4.24. The Morgan fingerprint density at radius 2 is 2.17 bits per heavy atom. The van der Waals surface area contributed by atoms with Crippen molar-refractivity contribution < 1.29 is 26.9 Å². The van der Waals surface area contributed by atoms with Gasteiger partial charge in [-0.15, -0.1) is 0 Å². The Morgan fingerprint density at radius 3 is 2.67 bits per heavy atom. The molecule has 0 saturated carbocycles. The van der Waals surface area contributed by atoms with Gasteiger partial charge in [0.1, 0.15) is 0 Å². The first-order chi connectivity index (χ1) is 6.41. The van der Waals surface area contributed by atoms with Gasteiger partial charge in [-0.1, -0.05) is 0 Å². The average Bonchev–Trinajstić information content (AvgIpc) is 2.13. The Labute approximate surface area is 73.1 Å². The molecule has 0 rings (SSSR count). The molecule has 0 atom stereocenters. The minimum atomic E-state index is -2.02. The van der Waals surface area contributed by atoms with Crippen LogP contribution in [0.2, 0.25) is 0 Å². The quantitative estimate of drug-likeness (QED) is 0.573. The maximum atomic E-state index is 10.9. The molecule has 5 nitrogen and oxygen atoms in total. The van der Waals surface area contributed by atoms with Crippen LogP contribution in [0.4, 0.5) is 0 Å². The SMILES string of the molecule is [2H]C([2H])(CO)CC(=O)OCC(=O)OC. The molecule has 5 heteroatoms. The molecular formula is C7H12O5. The molecule has 0 aromatic carbocycles. The predicted molar refractivity (Wildman–Crippen MR) is 39.3 cm³/mol. The van der Waals surface area contributed by atoms with Crippen molar-refractivity contribution in [3.05, 3.63) is 0 Å². The molecule has 0 bridgehead atoms. The van der Waals surface area contributed by atoms with E-state index in [0.29, 0.717) is 0 Å². The van der Waals surface area contributed by atoms with Gasteiger partial charge in [0.2, 0.25) is 0 Å². The van der Waals surface area contributed by atoms with Crippen LogP contribution in [0.25, 0.3) is 0 Å². The predicted octanol–water partition coefficient (Wildman–Crippen LogP) is -0.525. The van der Waals surface area contributed by atoms with Gasteiger partial charge in [0.25, 0.3) is 0 Å². The Bertz CT molecular complexity index is 216. The lowest BCUT2D eigenvalue weighted by Gasteiger charge is -2.01. The second-order valence-electron chi connectivity index (χ2n) is 1.82. The van der Waals surface area contributed by atoms with Gasteiger partial charge < -0.3 is 14.6 Å². The molecule has 0 unspecified atom stereocenters. The molecule has 0 aliphatic carbocycles. The van der Waals surface area contributed by atoms with Crippen LogP contribution in [0.15, 0.2) is 0 Å². The summed E-state index contributed by atoms with van der Waals surface area (Å²) in [5.74, 6) is -1.61. The molecule has 0 aliphatic heterocycles. The number of methoxy groups -OCH3 is 1. The highest BCUT2D eigenvalue weighted by atomic mass is 16.6. The zero-order chi connectivity index (χ0) is 11.2. The molecule has 0 aliphatic rings. The van der Waals surface area contributed by atoms with Crippen molar-refractivity contribution in [3.63, 3.8) is 0 Å². The molecule has 0 saturated heterocycles. The van der Waals surface area contributed by atoms with Crippen molar-refractivity contribution >= 4 is 11.9 Å². The van der Waals surface area contributed by atoms with Gasteiger partial charge in [-0.05, 0) is 6.37 Å². The van der Waals surface area contributed by atoms with E-state index in [0.717, 1.165) is 7.11 Å². The minimum absolute atomic E-state index is 0.545. The summed E-state index contributed by atoms with van der Waals surface area (Å²) in [7, 11) is 1.14. The fraction of sp³-hybridized carbons (Fsp3) is 0.714. The van der Waals surface area contributed by atoms with Crippen LogP contribution in [-0.4, -0.2) is 37.4 Å². The van der Waals surface area contributed by atoms with E-state index in [1.165, 1.54) is 0 Å². The van der Waals surface area contributed by atoms with Crippen LogP contribution in [0, 0.1) is 0 Å². The van der Waals surface area contributed by atoms with E-state index >= 15 is 0 Å². The van der Waals surface area contributed by atoms with Crippen molar-refractivity contribution in [1.29, 1.82) is 0 Å². The van der Waals surface area contributed by atoms with Crippen LogP contribution < -0.4 is 0 Å². The van der Waals surface area contributed by atoms with Crippen molar-refractivity contribution in [2.45, 2.75) is 12.8 Å². The lowest BCUT2D eigenvalue weighted by Crippen LogP contribution is -2.14. The number of rotatable bonds is 5. The van der Waals surface area contributed by atoms with E-state index in [2.05, 4.69) is 9.47 Å². The lowest BCUT2D eigenvalue weighted by molar-refractivity contribution is -0.157. The van der Waals surface area contributed by atoms with Crippen LogP contribution in [0.5, 0.6) is 0 Å². The zero-order valence-corrected chi connectivity index (χ0v) is 6.70. The second kappa shape index (κ2) is 6.60. The van der Waals surface area contributed by atoms with E-state index in [1.807, 2.05) is 0 Å². The monoisotopic (exact) mass is 178 g/mol. The number of aliphatic hydroxyl groups is 1. The third-order valence-electron chi connectivity index (χ3n) is 0.960. The zero-order valence-electron chi connectivity index (χ0n) is 8.70. The van der Waals surface area contributed by atoms with Crippen LogP contribution in [0.3, 0.4) is 0 Å². The smallest absolute Gasteiger partial charge is 0.344 e. The van der Waals surface area contributed by atoms with Gasteiger partial charge in [0, 0.05) is 15.8 Å². The summed E-state index contributed by atoms with van der Waals surface area (Å²) in [6, 6.07) is 0. The Balaban J connectivity index is 3.82. The summed E-state index contributed by atoms with van der Waals surface area (Å²) in [6.45, 7) is -1.32. The van der Waals surface area contributed by atoms with E-state index in [9.17, 15) is 9.59 Å². The summed E-state index contributed by atoms with van der Waals surface area (Å²) in [5, 5.41) is 8.49. The van der Waals surface area contributed by atoms with E-state index in [-0.39, 0.29) is 0 Å². The molecule has 1 N–H and O–H groups in total. The van der Waals surface area contributed by atoms with Crippen molar-refractivity contribution in [1.82, 2.24) is 0 Å². The minimum Gasteiger partial charge on any atom is -0.466 e. The summed E-state index contributed by atoms with van der Waals surface area (Å²) in [4.78, 5) is 21.4.